The largest absolute Gasteiger partial charge is 0.381 e. The third-order valence-electron chi connectivity index (χ3n) is 3.27. The molecule has 0 atom stereocenters. The highest BCUT2D eigenvalue weighted by molar-refractivity contribution is 5.89. The molecule has 0 unspecified atom stereocenters. The lowest BCUT2D eigenvalue weighted by molar-refractivity contribution is -0.136. The summed E-state index contributed by atoms with van der Waals surface area (Å²) >= 11 is 0. The van der Waals surface area contributed by atoms with Gasteiger partial charge < -0.3 is 15.4 Å². The molecule has 0 aromatic carbocycles. The lowest BCUT2D eigenvalue weighted by Gasteiger charge is -2.32. The van der Waals surface area contributed by atoms with E-state index in [9.17, 15) is 4.79 Å². The molecule has 80 valence electrons. The minimum Gasteiger partial charge on any atom is -0.381 e. The molecule has 1 heterocycles. The van der Waals surface area contributed by atoms with Gasteiger partial charge >= 0.3 is 0 Å². The monoisotopic (exact) mass is 198 g/mol. The van der Waals surface area contributed by atoms with Gasteiger partial charge in [0, 0.05) is 26.3 Å². The normalized spacial score (nSPS) is 25.9. The fraction of sp³-hybridized carbons (Fsp3) is 0.900. The van der Waals surface area contributed by atoms with Crippen LogP contribution in [0.2, 0.25) is 0 Å². The van der Waals surface area contributed by atoms with Crippen LogP contribution in [0.15, 0.2) is 0 Å². The molecule has 0 spiro atoms. The lowest BCUT2D eigenvalue weighted by atomic mass is 10.1. The summed E-state index contributed by atoms with van der Waals surface area (Å²) in [6.07, 6.45) is 3.58. The molecular weight excluding hydrogens is 180 g/mol. The molecular formula is C10H18N2O2. The average molecular weight is 198 g/mol. The number of hydrogen-bond acceptors (Lipinski definition) is 3. The molecule has 0 bridgehead atoms. The Morgan fingerprint density at radius 2 is 2.00 bits per heavy atom. The maximum Gasteiger partial charge on any atom is 0.242 e. The molecule has 1 aliphatic carbocycles. The Balaban J connectivity index is 1.92. The molecule has 1 aliphatic heterocycles. The Bertz CT molecular complexity index is 232. The molecule has 2 aliphatic rings. The van der Waals surface area contributed by atoms with Gasteiger partial charge in [-0.25, -0.2) is 0 Å². The highest BCUT2D eigenvalue weighted by Crippen LogP contribution is 2.34. The van der Waals surface area contributed by atoms with Crippen molar-refractivity contribution in [1.29, 1.82) is 0 Å². The fourth-order valence-corrected chi connectivity index (χ4v) is 1.94. The first kappa shape index (κ1) is 9.93. The third kappa shape index (κ3) is 1.77. The van der Waals surface area contributed by atoms with Crippen molar-refractivity contribution in [2.45, 2.75) is 37.3 Å². The van der Waals surface area contributed by atoms with E-state index in [0.29, 0.717) is 6.04 Å². The quantitative estimate of drug-likeness (QED) is 0.685. The summed E-state index contributed by atoms with van der Waals surface area (Å²) < 4.78 is 5.26. The number of hydrogen-bond donors (Lipinski definition) is 1. The second-order valence-corrected chi connectivity index (χ2v) is 4.42. The third-order valence-corrected chi connectivity index (χ3v) is 3.27. The molecule has 1 amide bonds. The van der Waals surface area contributed by atoms with Crippen LogP contribution in [0.5, 0.6) is 0 Å². The molecule has 14 heavy (non-hydrogen) atoms. The van der Waals surface area contributed by atoms with E-state index in [1.807, 2.05) is 11.9 Å². The molecule has 0 radical (unpaired) electrons. The standard InChI is InChI=1S/C10H18N2O2/c1-12(8-2-6-14-7-3-8)9(13)10(11)4-5-10/h8H,2-7,11H2,1H3. The van der Waals surface area contributed by atoms with Gasteiger partial charge in [0.1, 0.15) is 0 Å². The summed E-state index contributed by atoms with van der Waals surface area (Å²) in [5.74, 6) is 0.115. The zero-order valence-corrected chi connectivity index (χ0v) is 8.66. The van der Waals surface area contributed by atoms with Crippen LogP contribution in [0.3, 0.4) is 0 Å². The Kier molecular flexibility index (Phi) is 2.49. The predicted molar refractivity (Wildman–Crippen MR) is 52.8 cm³/mol. The minimum absolute atomic E-state index is 0.115. The van der Waals surface area contributed by atoms with Gasteiger partial charge in [-0.05, 0) is 25.7 Å². The van der Waals surface area contributed by atoms with Crippen molar-refractivity contribution in [3.8, 4) is 0 Å². The van der Waals surface area contributed by atoms with Gasteiger partial charge in [-0.1, -0.05) is 0 Å². The van der Waals surface area contributed by atoms with E-state index in [2.05, 4.69) is 0 Å². The minimum atomic E-state index is -0.521. The molecule has 4 nitrogen and oxygen atoms in total. The number of likely N-dealkylation sites (N-methyl/N-ethyl adjacent to an activating group) is 1. The van der Waals surface area contributed by atoms with Crippen LogP contribution >= 0.6 is 0 Å². The van der Waals surface area contributed by atoms with Crippen molar-refractivity contribution in [3.63, 3.8) is 0 Å². The van der Waals surface area contributed by atoms with E-state index in [0.717, 1.165) is 38.9 Å². The van der Waals surface area contributed by atoms with Crippen LogP contribution in [-0.4, -0.2) is 42.6 Å². The maximum atomic E-state index is 11.9. The van der Waals surface area contributed by atoms with Crippen molar-refractivity contribution in [2.24, 2.45) is 5.73 Å². The van der Waals surface area contributed by atoms with Crippen molar-refractivity contribution in [2.75, 3.05) is 20.3 Å². The molecule has 1 saturated carbocycles. The number of nitrogens with zero attached hydrogens (tertiary/aromatic N) is 1. The first-order chi connectivity index (χ1) is 6.63. The topological polar surface area (TPSA) is 55.6 Å². The van der Waals surface area contributed by atoms with Crippen molar-refractivity contribution >= 4 is 5.91 Å². The molecule has 0 aromatic rings. The van der Waals surface area contributed by atoms with Crippen LogP contribution in [-0.2, 0) is 9.53 Å². The van der Waals surface area contributed by atoms with Crippen LogP contribution in [0, 0.1) is 0 Å². The Morgan fingerprint density at radius 3 is 2.50 bits per heavy atom. The Morgan fingerprint density at radius 1 is 1.43 bits per heavy atom. The number of carbonyl (C=O) groups is 1. The first-order valence-electron chi connectivity index (χ1n) is 5.27. The molecule has 0 aromatic heterocycles. The van der Waals surface area contributed by atoms with Crippen molar-refractivity contribution in [1.82, 2.24) is 4.90 Å². The first-order valence-corrected chi connectivity index (χ1v) is 5.27. The average Bonchev–Trinajstić information content (AvgIpc) is 2.97. The van der Waals surface area contributed by atoms with Crippen LogP contribution in [0.1, 0.15) is 25.7 Å². The van der Waals surface area contributed by atoms with Gasteiger partial charge in [-0.15, -0.1) is 0 Å². The number of ether oxygens (including phenoxy) is 1. The van der Waals surface area contributed by atoms with Gasteiger partial charge in [0.15, 0.2) is 0 Å². The van der Waals surface area contributed by atoms with E-state index >= 15 is 0 Å². The van der Waals surface area contributed by atoms with E-state index in [1.54, 1.807) is 0 Å². The van der Waals surface area contributed by atoms with Crippen LogP contribution in [0.25, 0.3) is 0 Å². The molecule has 4 heteroatoms. The summed E-state index contributed by atoms with van der Waals surface area (Å²) in [6.45, 7) is 1.53. The van der Waals surface area contributed by atoms with Gasteiger partial charge in [0.25, 0.3) is 0 Å². The number of nitrogens with two attached hydrogens (primary N) is 1. The predicted octanol–water partition coefficient (Wildman–Crippen LogP) is 0.115. The highest BCUT2D eigenvalue weighted by atomic mass is 16.5. The summed E-state index contributed by atoms with van der Waals surface area (Å²) in [7, 11) is 1.87. The molecule has 2 fully saturated rings. The van der Waals surface area contributed by atoms with Crippen molar-refractivity contribution in [3.05, 3.63) is 0 Å². The van der Waals surface area contributed by atoms with E-state index < -0.39 is 5.54 Å². The fourth-order valence-electron chi connectivity index (χ4n) is 1.94. The summed E-state index contributed by atoms with van der Waals surface area (Å²) in [5.41, 5.74) is 5.35. The van der Waals surface area contributed by atoms with E-state index in [-0.39, 0.29) is 5.91 Å². The highest BCUT2D eigenvalue weighted by Gasteiger charge is 2.48. The van der Waals surface area contributed by atoms with Crippen LogP contribution in [0.4, 0.5) is 0 Å². The van der Waals surface area contributed by atoms with Gasteiger partial charge in [0.2, 0.25) is 5.91 Å². The molecule has 1 saturated heterocycles. The maximum absolute atomic E-state index is 11.9. The zero-order valence-electron chi connectivity index (χ0n) is 8.66. The summed E-state index contributed by atoms with van der Waals surface area (Å²) in [6, 6.07) is 0.331. The number of carbonyl (C=O) groups excluding carboxylic acids is 1. The second kappa shape index (κ2) is 3.51. The second-order valence-electron chi connectivity index (χ2n) is 4.42. The zero-order chi connectivity index (χ0) is 10.2. The molecule has 2 rings (SSSR count). The smallest absolute Gasteiger partial charge is 0.242 e. The summed E-state index contributed by atoms with van der Waals surface area (Å²) in [5, 5.41) is 0. The lowest BCUT2D eigenvalue weighted by Crippen LogP contribution is -2.49. The van der Waals surface area contributed by atoms with Crippen LogP contribution < -0.4 is 5.73 Å². The van der Waals surface area contributed by atoms with Gasteiger partial charge in [-0.3, -0.25) is 4.79 Å². The van der Waals surface area contributed by atoms with Crippen molar-refractivity contribution < 1.29 is 9.53 Å². The van der Waals surface area contributed by atoms with Gasteiger partial charge in [0.05, 0.1) is 5.54 Å². The Hall–Kier alpha value is -0.610. The van der Waals surface area contributed by atoms with E-state index in [4.69, 9.17) is 10.5 Å². The molecule has 2 N–H and O–H groups in total. The SMILES string of the molecule is CN(C(=O)C1(N)CC1)C1CCOCC1. The number of rotatable bonds is 2. The van der Waals surface area contributed by atoms with E-state index in [1.165, 1.54) is 0 Å². The summed E-state index contributed by atoms with van der Waals surface area (Å²) in [4.78, 5) is 13.7. The Labute approximate surface area is 84.4 Å². The van der Waals surface area contributed by atoms with Gasteiger partial charge in [-0.2, -0.15) is 0 Å². The number of amides is 1.